The van der Waals surface area contributed by atoms with Crippen LogP contribution >= 0.6 is 23.1 Å². The first-order valence-corrected chi connectivity index (χ1v) is 9.80. The van der Waals surface area contributed by atoms with Gasteiger partial charge in [0, 0.05) is 11.9 Å². The van der Waals surface area contributed by atoms with Crippen LogP contribution in [0.4, 0.5) is 0 Å². The van der Waals surface area contributed by atoms with E-state index in [0.717, 1.165) is 33.8 Å². The SMILES string of the molecule is c1ccc(Cn2c(SCc3ccccn3)nnc2-c2cccs2)cc1. The highest BCUT2D eigenvalue weighted by Gasteiger charge is 2.15. The molecule has 0 radical (unpaired) electrons. The van der Waals surface area contributed by atoms with E-state index in [4.69, 9.17) is 0 Å². The minimum Gasteiger partial charge on any atom is -0.297 e. The van der Waals surface area contributed by atoms with Gasteiger partial charge >= 0.3 is 0 Å². The van der Waals surface area contributed by atoms with Crippen molar-refractivity contribution in [2.24, 2.45) is 0 Å². The molecule has 0 N–H and O–H groups in total. The average molecular weight is 364 g/mol. The minimum absolute atomic E-state index is 0.756. The van der Waals surface area contributed by atoms with Gasteiger partial charge in [0.1, 0.15) is 0 Å². The van der Waals surface area contributed by atoms with Gasteiger partial charge in [-0.25, -0.2) is 0 Å². The molecule has 3 aromatic heterocycles. The van der Waals surface area contributed by atoms with E-state index < -0.39 is 0 Å². The van der Waals surface area contributed by atoms with Crippen LogP contribution in [0.3, 0.4) is 0 Å². The Morgan fingerprint density at radius 1 is 0.920 bits per heavy atom. The Morgan fingerprint density at radius 3 is 2.56 bits per heavy atom. The monoisotopic (exact) mass is 364 g/mol. The lowest BCUT2D eigenvalue weighted by Crippen LogP contribution is -2.03. The summed E-state index contributed by atoms with van der Waals surface area (Å²) in [7, 11) is 0. The lowest BCUT2D eigenvalue weighted by atomic mass is 10.2. The normalized spacial score (nSPS) is 10.9. The van der Waals surface area contributed by atoms with Crippen LogP contribution < -0.4 is 0 Å². The van der Waals surface area contributed by atoms with E-state index in [2.05, 4.69) is 55.5 Å². The highest BCUT2D eigenvalue weighted by atomic mass is 32.2. The standard InChI is InChI=1S/C19H16N4S2/c1-2-7-15(8-3-1)13-23-18(17-10-6-12-24-17)21-22-19(23)25-14-16-9-4-5-11-20-16/h1-12H,13-14H2. The van der Waals surface area contributed by atoms with Gasteiger partial charge in [0.2, 0.25) is 0 Å². The van der Waals surface area contributed by atoms with Gasteiger partial charge in [-0.2, -0.15) is 0 Å². The maximum absolute atomic E-state index is 4.45. The molecule has 4 rings (SSSR count). The number of aromatic nitrogens is 4. The Morgan fingerprint density at radius 2 is 1.80 bits per heavy atom. The van der Waals surface area contributed by atoms with Crippen LogP contribution in [0.25, 0.3) is 10.7 Å². The number of hydrogen-bond donors (Lipinski definition) is 0. The summed E-state index contributed by atoms with van der Waals surface area (Å²) in [5.41, 5.74) is 2.28. The summed E-state index contributed by atoms with van der Waals surface area (Å²) in [6.07, 6.45) is 1.82. The van der Waals surface area contributed by atoms with Gasteiger partial charge in [0.25, 0.3) is 0 Å². The van der Waals surface area contributed by atoms with Gasteiger partial charge in [-0.1, -0.05) is 54.2 Å². The zero-order valence-corrected chi connectivity index (χ0v) is 15.1. The molecular weight excluding hydrogens is 348 g/mol. The number of rotatable bonds is 6. The molecule has 0 unspecified atom stereocenters. The molecule has 4 nitrogen and oxygen atoms in total. The van der Waals surface area contributed by atoms with Crippen molar-refractivity contribution in [3.63, 3.8) is 0 Å². The smallest absolute Gasteiger partial charge is 0.192 e. The van der Waals surface area contributed by atoms with Crippen molar-refractivity contribution < 1.29 is 0 Å². The van der Waals surface area contributed by atoms with Crippen molar-refractivity contribution in [2.45, 2.75) is 17.5 Å². The van der Waals surface area contributed by atoms with Gasteiger partial charge in [-0.3, -0.25) is 9.55 Å². The third-order valence-electron chi connectivity index (χ3n) is 3.72. The zero-order chi connectivity index (χ0) is 16.9. The van der Waals surface area contributed by atoms with Crippen LogP contribution in [0.5, 0.6) is 0 Å². The van der Waals surface area contributed by atoms with Gasteiger partial charge in [-0.05, 0) is 29.1 Å². The second-order valence-corrected chi connectivity index (χ2v) is 7.36. The molecule has 0 saturated carbocycles. The molecule has 0 aliphatic carbocycles. The van der Waals surface area contributed by atoms with E-state index >= 15 is 0 Å². The summed E-state index contributed by atoms with van der Waals surface area (Å²) < 4.78 is 2.19. The predicted molar refractivity (Wildman–Crippen MR) is 103 cm³/mol. The summed E-state index contributed by atoms with van der Waals surface area (Å²) in [4.78, 5) is 5.52. The third kappa shape index (κ3) is 3.81. The predicted octanol–water partition coefficient (Wildman–Crippen LogP) is 4.74. The summed E-state index contributed by atoms with van der Waals surface area (Å²) in [5.74, 6) is 1.69. The van der Waals surface area contributed by atoms with Crippen molar-refractivity contribution in [1.82, 2.24) is 19.7 Å². The molecule has 0 saturated heterocycles. The van der Waals surface area contributed by atoms with Crippen molar-refractivity contribution in [3.05, 3.63) is 83.5 Å². The van der Waals surface area contributed by atoms with Gasteiger partial charge in [0.15, 0.2) is 11.0 Å². The number of nitrogens with zero attached hydrogens (tertiary/aromatic N) is 4. The molecule has 0 atom stereocenters. The highest BCUT2D eigenvalue weighted by molar-refractivity contribution is 7.98. The molecule has 25 heavy (non-hydrogen) atoms. The van der Waals surface area contributed by atoms with E-state index in [9.17, 15) is 0 Å². The number of hydrogen-bond acceptors (Lipinski definition) is 5. The minimum atomic E-state index is 0.756. The summed E-state index contributed by atoms with van der Waals surface area (Å²) in [5, 5.41) is 11.9. The van der Waals surface area contributed by atoms with Crippen LogP contribution in [-0.4, -0.2) is 19.7 Å². The first-order valence-electron chi connectivity index (χ1n) is 7.94. The molecule has 0 aliphatic heterocycles. The van der Waals surface area contributed by atoms with E-state index in [1.165, 1.54) is 5.56 Å². The number of pyridine rings is 1. The number of thiophene rings is 1. The topological polar surface area (TPSA) is 43.6 Å². The quantitative estimate of drug-likeness (QED) is 0.463. The maximum Gasteiger partial charge on any atom is 0.192 e. The molecule has 6 heteroatoms. The fraction of sp³-hybridized carbons (Fsp3) is 0.105. The lowest BCUT2D eigenvalue weighted by Gasteiger charge is -2.09. The van der Waals surface area contributed by atoms with E-state index in [1.54, 1.807) is 23.1 Å². The Labute approximate surface area is 154 Å². The van der Waals surface area contributed by atoms with Crippen molar-refractivity contribution in [2.75, 3.05) is 0 Å². The molecule has 0 spiro atoms. The molecule has 0 amide bonds. The van der Waals surface area contributed by atoms with Crippen molar-refractivity contribution in [3.8, 4) is 10.7 Å². The first kappa shape index (κ1) is 16.1. The molecule has 4 aromatic rings. The zero-order valence-electron chi connectivity index (χ0n) is 13.4. The van der Waals surface area contributed by atoms with Crippen LogP contribution in [-0.2, 0) is 12.3 Å². The Kier molecular flexibility index (Phi) is 4.90. The fourth-order valence-corrected chi connectivity index (χ4v) is 4.08. The van der Waals surface area contributed by atoms with Crippen LogP contribution in [0.1, 0.15) is 11.3 Å². The van der Waals surface area contributed by atoms with Crippen LogP contribution in [0.2, 0.25) is 0 Å². The van der Waals surface area contributed by atoms with E-state index in [1.807, 2.05) is 36.5 Å². The van der Waals surface area contributed by atoms with Crippen molar-refractivity contribution in [1.29, 1.82) is 0 Å². The molecule has 124 valence electrons. The summed E-state index contributed by atoms with van der Waals surface area (Å²) in [6.45, 7) is 0.756. The third-order valence-corrected chi connectivity index (χ3v) is 5.58. The largest absolute Gasteiger partial charge is 0.297 e. The molecule has 3 heterocycles. The maximum atomic E-state index is 4.45. The van der Waals surface area contributed by atoms with Crippen LogP contribution in [0, 0.1) is 0 Å². The lowest BCUT2D eigenvalue weighted by molar-refractivity contribution is 0.715. The Hall–Kier alpha value is -2.44. The van der Waals surface area contributed by atoms with Gasteiger partial charge in [0.05, 0.1) is 17.1 Å². The number of thioether (sulfide) groups is 1. The number of benzene rings is 1. The molecule has 0 bridgehead atoms. The summed E-state index contributed by atoms with van der Waals surface area (Å²) in [6, 6.07) is 20.5. The second kappa shape index (κ2) is 7.63. The van der Waals surface area contributed by atoms with E-state index in [0.29, 0.717) is 0 Å². The summed E-state index contributed by atoms with van der Waals surface area (Å²) >= 11 is 3.35. The Balaban J connectivity index is 1.64. The Bertz CT molecular complexity index is 919. The molecule has 0 fully saturated rings. The van der Waals surface area contributed by atoms with Gasteiger partial charge < -0.3 is 0 Å². The first-order chi connectivity index (χ1) is 12.4. The second-order valence-electron chi connectivity index (χ2n) is 5.46. The molecular formula is C19H16N4S2. The van der Waals surface area contributed by atoms with Gasteiger partial charge in [-0.15, -0.1) is 21.5 Å². The average Bonchev–Trinajstić information content (AvgIpc) is 3.32. The fourth-order valence-electron chi connectivity index (χ4n) is 2.51. The molecule has 1 aromatic carbocycles. The van der Waals surface area contributed by atoms with E-state index in [-0.39, 0.29) is 0 Å². The highest BCUT2D eigenvalue weighted by Crippen LogP contribution is 2.29. The molecule has 0 aliphatic rings. The van der Waals surface area contributed by atoms with Crippen molar-refractivity contribution >= 4 is 23.1 Å². The van der Waals surface area contributed by atoms with Crippen LogP contribution in [0.15, 0.2) is 77.4 Å².